The van der Waals surface area contributed by atoms with Gasteiger partial charge in [0.25, 0.3) is 0 Å². The first-order valence-corrected chi connectivity index (χ1v) is 11.7. The topological polar surface area (TPSA) is 71.3 Å². The molecule has 4 heterocycles. The van der Waals surface area contributed by atoms with Crippen LogP contribution in [0.2, 0.25) is 0 Å². The summed E-state index contributed by atoms with van der Waals surface area (Å²) in [6.45, 7) is 14.1. The summed E-state index contributed by atoms with van der Waals surface area (Å²) in [5.74, 6) is 0. The van der Waals surface area contributed by atoms with Gasteiger partial charge in [-0.05, 0) is 0 Å². The van der Waals surface area contributed by atoms with Crippen LogP contribution in [0.3, 0.4) is 0 Å². The molecule has 0 aromatic carbocycles. The van der Waals surface area contributed by atoms with E-state index < -0.39 is 0 Å². The van der Waals surface area contributed by atoms with Crippen LogP contribution in [0, 0.1) is 0 Å². The summed E-state index contributed by atoms with van der Waals surface area (Å²) in [6, 6.07) is 0. The van der Waals surface area contributed by atoms with Gasteiger partial charge < -0.3 is 18.3 Å². The third kappa shape index (κ3) is 15.4. The molecule has 0 aliphatic rings. The SMILES string of the molecule is C=Cn1ccnc1.C=Cn1ccnc1.C=Cn1ccnc1.C=Cn1ccnc1.[Cl][Mn][Cl]. The molecule has 4 aromatic rings. The number of rotatable bonds is 4. The number of imidazole rings is 4. The first-order valence-electron chi connectivity index (χ1n) is 8.42. The third-order valence-corrected chi connectivity index (χ3v) is 2.94. The number of aromatic nitrogens is 8. The Hall–Kier alpha value is -3.10. The molecule has 0 saturated carbocycles. The van der Waals surface area contributed by atoms with Crippen molar-refractivity contribution in [2.75, 3.05) is 0 Å². The van der Waals surface area contributed by atoms with Gasteiger partial charge in [0.15, 0.2) is 0 Å². The third-order valence-electron chi connectivity index (χ3n) is 2.94. The second-order valence-corrected chi connectivity index (χ2v) is 6.77. The Kier molecular flexibility index (Phi) is 18.2. The van der Waals surface area contributed by atoms with Crippen LogP contribution in [-0.2, 0) is 13.1 Å². The fraction of sp³-hybridized carbons (Fsp3) is 0. The quantitative estimate of drug-likeness (QED) is 0.355. The molecule has 0 atom stereocenters. The molecule has 4 rings (SSSR count). The first kappa shape index (κ1) is 27.9. The van der Waals surface area contributed by atoms with Gasteiger partial charge in [-0.3, -0.25) is 0 Å². The molecule has 165 valence electrons. The Bertz CT molecular complexity index is 750. The van der Waals surface area contributed by atoms with Crippen molar-refractivity contribution in [1.29, 1.82) is 0 Å². The summed E-state index contributed by atoms with van der Waals surface area (Å²) in [5.41, 5.74) is 0. The molecule has 0 fully saturated rings. The fourth-order valence-electron chi connectivity index (χ4n) is 1.51. The van der Waals surface area contributed by atoms with Crippen molar-refractivity contribution in [3.8, 4) is 0 Å². The Morgan fingerprint density at radius 1 is 0.516 bits per heavy atom. The Balaban J connectivity index is 0.000000371. The second kappa shape index (κ2) is 20.2. The van der Waals surface area contributed by atoms with Crippen molar-refractivity contribution in [3.05, 3.63) is 101 Å². The van der Waals surface area contributed by atoms with Gasteiger partial charge >= 0.3 is 33.3 Å². The molecule has 4 aromatic heterocycles. The van der Waals surface area contributed by atoms with E-state index in [0.29, 0.717) is 0 Å². The van der Waals surface area contributed by atoms with Crippen LogP contribution in [0.5, 0.6) is 0 Å². The number of hydrogen-bond acceptors (Lipinski definition) is 4. The van der Waals surface area contributed by atoms with Crippen molar-refractivity contribution in [2.24, 2.45) is 0 Å². The van der Waals surface area contributed by atoms with Crippen LogP contribution in [0.1, 0.15) is 0 Å². The summed E-state index contributed by atoms with van der Waals surface area (Å²) < 4.78 is 7.11. The van der Waals surface area contributed by atoms with Gasteiger partial charge in [0.1, 0.15) is 0 Å². The minimum absolute atomic E-state index is 0.00694. The van der Waals surface area contributed by atoms with Crippen molar-refractivity contribution in [1.82, 2.24) is 38.2 Å². The van der Waals surface area contributed by atoms with Crippen molar-refractivity contribution in [2.45, 2.75) is 0 Å². The first-order chi connectivity index (χ1) is 15.1. The summed E-state index contributed by atoms with van der Waals surface area (Å²) >= 11 is 0.00694. The molecule has 0 N–H and O–H groups in total. The molecule has 0 bridgehead atoms. The average molecular weight is 502 g/mol. The fourth-order valence-corrected chi connectivity index (χ4v) is 1.51. The van der Waals surface area contributed by atoms with Gasteiger partial charge in [-0.1, -0.05) is 26.3 Å². The van der Waals surface area contributed by atoms with E-state index in [1.165, 1.54) is 0 Å². The molecule has 0 aliphatic carbocycles. The van der Waals surface area contributed by atoms with Gasteiger partial charge in [0, 0.05) is 74.4 Å². The minimum atomic E-state index is 0.00694. The summed E-state index contributed by atoms with van der Waals surface area (Å²) in [7, 11) is 9.59. The standard InChI is InChI=1S/4C5H6N2.2ClH.Mn/c4*1-2-7-4-3-6-5-7;;;/h4*2-5H,1H2;2*1H;/q;;;;;;+2/p-2. The van der Waals surface area contributed by atoms with Crippen LogP contribution < -0.4 is 0 Å². The van der Waals surface area contributed by atoms with Crippen LogP contribution >= 0.6 is 20.2 Å². The predicted molar refractivity (Wildman–Crippen MR) is 126 cm³/mol. The van der Waals surface area contributed by atoms with E-state index in [1.54, 1.807) is 93.2 Å². The number of halogens is 2. The maximum absolute atomic E-state index is 4.80. The zero-order chi connectivity index (χ0) is 23.2. The summed E-state index contributed by atoms with van der Waals surface area (Å²) in [4.78, 5) is 15.1. The molecule has 11 heteroatoms. The molecule has 0 aliphatic heterocycles. The maximum atomic E-state index is 4.80. The van der Waals surface area contributed by atoms with E-state index in [4.69, 9.17) is 20.2 Å². The van der Waals surface area contributed by atoms with E-state index in [-0.39, 0.29) is 13.1 Å². The molecule has 31 heavy (non-hydrogen) atoms. The van der Waals surface area contributed by atoms with Gasteiger partial charge in [-0.2, -0.15) is 0 Å². The van der Waals surface area contributed by atoms with Crippen molar-refractivity contribution < 1.29 is 13.1 Å². The number of hydrogen-bond donors (Lipinski definition) is 0. The average Bonchev–Trinajstić information content (AvgIpc) is 3.64. The van der Waals surface area contributed by atoms with Gasteiger partial charge in [-0.15, -0.1) is 0 Å². The van der Waals surface area contributed by atoms with Crippen LogP contribution in [0.25, 0.3) is 24.8 Å². The Morgan fingerprint density at radius 3 is 0.774 bits per heavy atom. The van der Waals surface area contributed by atoms with E-state index in [1.807, 2.05) is 24.8 Å². The normalized spacial score (nSPS) is 8.32. The zero-order valence-corrected chi connectivity index (χ0v) is 19.5. The molecule has 0 amide bonds. The Labute approximate surface area is 197 Å². The van der Waals surface area contributed by atoms with E-state index in [9.17, 15) is 0 Å². The Morgan fingerprint density at radius 2 is 0.710 bits per heavy atom. The van der Waals surface area contributed by atoms with E-state index >= 15 is 0 Å². The van der Waals surface area contributed by atoms with E-state index in [0.717, 1.165) is 0 Å². The van der Waals surface area contributed by atoms with Gasteiger partial charge in [0.05, 0.1) is 25.3 Å². The van der Waals surface area contributed by atoms with Crippen LogP contribution in [-0.4, -0.2) is 38.2 Å². The van der Waals surface area contributed by atoms with Crippen LogP contribution in [0.15, 0.2) is 101 Å². The summed E-state index contributed by atoms with van der Waals surface area (Å²) in [5, 5.41) is 0. The molecular formula is C20H24Cl2MnN8. The molecule has 0 unspecified atom stereocenters. The predicted octanol–water partition coefficient (Wildman–Crippen LogP) is 5.31. The monoisotopic (exact) mass is 501 g/mol. The molecule has 8 nitrogen and oxygen atoms in total. The molecule has 0 spiro atoms. The van der Waals surface area contributed by atoms with Crippen molar-refractivity contribution >= 4 is 45.0 Å². The van der Waals surface area contributed by atoms with Gasteiger partial charge in [-0.25, -0.2) is 19.9 Å². The molecule has 0 radical (unpaired) electrons. The van der Waals surface area contributed by atoms with Crippen molar-refractivity contribution in [3.63, 3.8) is 0 Å². The molecule has 0 saturated heterocycles. The second-order valence-electron chi connectivity index (χ2n) is 4.82. The van der Waals surface area contributed by atoms with Crippen LogP contribution in [0.4, 0.5) is 0 Å². The van der Waals surface area contributed by atoms with Gasteiger partial charge in [0.2, 0.25) is 0 Å². The number of nitrogens with zero attached hydrogens (tertiary/aromatic N) is 8. The van der Waals surface area contributed by atoms with E-state index in [2.05, 4.69) is 46.3 Å². The summed E-state index contributed by atoms with van der Waals surface area (Å²) in [6.07, 6.45) is 27.6. The molecular weight excluding hydrogens is 478 g/mol. The zero-order valence-electron chi connectivity index (χ0n) is 16.8.